The van der Waals surface area contributed by atoms with E-state index in [0.717, 1.165) is 37.1 Å². The van der Waals surface area contributed by atoms with Gasteiger partial charge in [-0.2, -0.15) is 0 Å². The highest BCUT2D eigenvalue weighted by Gasteiger charge is 2.52. The van der Waals surface area contributed by atoms with Crippen LogP contribution in [0.4, 0.5) is 11.4 Å². The molecule has 0 aromatic heterocycles. The molecule has 1 spiro atoms. The second-order valence-electron chi connectivity index (χ2n) is 9.58. The Bertz CT molecular complexity index is 1080. The van der Waals surface area contributed by atoms with E-state index in [0.29, 0.717) is 37.2 Å². The van der Waals surface area contributed by atoms with E-state index in [9.17, 15) is 14.4 Å². The molecule has 7 nitrogen and oxygen atoms in total. The molecule has 1 aliphatic carbocycles. The van der Waals surface area contributed by atoms with Crippen molar-refractivity contribution in [1.29, 1.82) is 0 Å². The Hall–Kier alpha value is -3.19. The van der Waals surface area contributed by atoms with Gasteiger partial charge in [0.25, 0.3) is 5.91 Å². The number of carbonyl (C=O) groups excluding carboxylic acids is 3. The van der Waals surface area contributed by atoms with Crippen LogP contribution < -0.4 is 15.0 Å². The number of anilines is 2. The SMILES string of the molecule is COc1ccc(C(=O)C2CCN(CC(=O)N3c4ccccc4NC(=O)C34CCCC4)CC2)cc1. The number of likely N-dealkylation sites (tertiary alicyclic amines) is 1. The standard InChI is InChI=1S/C27H31N3O4/c1-34-21-10-8-19(9-11-21)25(32)20-12-16-29(17-13-20)18-24(31)30-23-7-3-2-6-22(23)28-26(33)27(30)14-4-5-15-27/h2-3,6-11,20H,4-5,12-18H2,1H3,(H,28,33). The lowest BCUT2D eigenvalue weighted by molar-refractivity contribution is -0.128. The predicted molar refractivity (Wildman–Crippen MR) is 130 cm³/mol. The number of carbonyl (C=O) groups is 3. The first-order valence-corrected chi connectivity index (χ1v) is 12.2. The number of para-hydroxylation sites is 2. The van der Waals surface area contributed by atoms with Crippen LogP contribution >= 0.6 is 0 Å². The second-order valence-corrected chi connectivity index (χ2v) is 9.58. The van der Waals surface area contributed by atoms with Gasteiger partial charge < -0.3 is 10.1 Å². The minimum absolute atomic E-state index is 0.0378. The van der Waals surface area contributed by atoms with Crippen LogP contribution in [0.3, 0.4) is 0 Å². The number of hydrogen-bond acceptors (Lipinski definition) is 5. The summed E-state index contributed by atoms with van der Waals surface area (Å²) in [6.45, 7) is 1.63. The monoisotopic (exact) mass is 461 g/mol. The fourth-order valence-corrected chi connectivity index (χ4v) is 5.73. The van der Waals surface area contributed by atoms with Crippen molar-refractivity contribution in [2.45, 2.75) is 44.1 Å². The van der Waals surface area contributed by atoms with Gasteiger partial charge in [0, 0.05) is 11.5 Å². The van der Waals surface area contributed by atoms with E-state index in [1.54, 1.807) is 12.0 Å². The van der Waals surface area contributed by atoms with Crippen LogP contribution in [0.5, 0.6) is 5.75 Å². The fourth-order valence-electron chi connectivity index (χ4n) is 5.73. The van der Waals surface area contributed by atoms with Crippen molar-refractivity contribution in [1.82, 2.24) is 4.90 Å². The molecule has 1 saturated carbocycles. The molecule has 34 heavy (non-hydrogen) atoms. The van der Waals surface area contributed by atoms with Crippen LogP contribution in [-0.2, 0) is 9.59 Å². The van der Waals surface area contributed by atoms with Crippen molar-refractivity contribution >= 4 is 29.0 Å². The molecule has 7 heteroatoms. The molecular formula is C27H31N3O4. The zero-order valence-corrected chi connectivity index (χ0v) is 19.6. The summed E-state index contributed by atoms with van der Waals surface area (Å²) in [4.78, 5) is 43.6. The predicted octanol–water partition coefficient (Wildman–Crippen LogP) is 3.89. The van der Waals surface area contributed by atoms with E-state index in [-0.39, 0.29) is 30.1 Å². The van der Waals surface area contributed by atoms with E-state index in [1.807, 2.05) is 48.5 Å². The highest BCUT2D eigenvalue weighted by atomic mass is 16.5. The molecule has 2 fully saturated rings. The highest BCUT2D eigenvalue weighted by Crippen LogP contribution is 2.45. The number of nitrogens with zero attached hydrogens (tertiary/aromatic N) is 2. The summed E-state index contributed by atoms with van der Waals surface area (Å²) in [6.07, 6.45) is 4.71. The third-order valence-electron chi connectivity index (χ3n) is 7.62. The molecule has 3 aliphatic rings. The minimum atomic E-state index is -0.784. The van der Waals surface area contributed by atoms with Crippen LogP contribution in [0.15, 0.2) is 48.5 Å². The maximum absolute atomic E-state index is 13.7. The van der Waals surface area contributed by atoms with Gasteiger partial charge in [0.1, 0.15) is 11.3 Å². The average molecular weight is 462 g/mol. The van der Waals surface area contributed by atoms with Crippen molar-refractivity contribution in [2.24, 2.45) is 5.92 Å². The summed E-state index contributed by atoms with van der Waals surface area (Å²) < 4.78 is 5.18. The highest BCUT2D eigenvalue weighted by molar-refractivity contribution is 6.15. The summed E-state index contributed by atoms with van der Waals surface area (Å²) in [5, 5.41) is 3.03. The molecule has 0 radical (unpaired) electrons. The van der Waals surface area contributed by atoms with Gasteiger partial charge in [-0.05, 0) is 75.2 Å². The Morgan fingerprint density at radius 2 is 1.71 bits per heavy atom. The Balaban J connectivity index is 1.26. The summed E-state index contributed by atoms with van der Waals surface area (Å²) in [5.41, 5.74) is 1.41. The van der Waals surface area contributed by atoms with Gasteiger partial charge in [0.2, 0.25) is 5.91 Å². The van der Waals surface area contributed by atoms with Crippen LogP contribution in [0.1, 0.15) is 48.9 Å². The van der Waals surface area contributed by atoms with Gasteiger partial charge >= 0.3 is 0 Å². The molecule has 2 aromatic carbocycles. The number of hydrogen-bond donors (Lipinski definition) is 1. The Labute approximate surface area is 200 Å². The molecule has 178 valence electrons. The van der Waals surface area contributed by atoms with Gasteiger partial charge in [-0.15, -0.1) is 0 Å². The van der Waals surface area contributed by atoms with E-state index >= 15 is 0 Å². The van der Waals surface area contributed by atoms with Gasteiger partial charge in [0.15, 0.2) is 5.78 Å². The van der Waals surface area contributed by atoms with E-state index in [2.05, 4.69) is 10.2 Å². The van der Waals surface area contributed by atoms with Crippen molar-refractivity contribution in [3.63, 3.8) is 0 Å². The largest absolute Gasteiger partial charge is 0.497 e. The zero-order chi connectivity index (χ0) is 23.7. The number of ether oxygens (including phenoxy) is 1. The Morgan fingerprint density at radius 3 is 2.38 bits per heavy atom. The molecule has 2 heterocycles. The maximum atomic E-state index is 13.7. The third-order valence-corrected chi connectivity index (χ3v) is 7.62. The van der Waals surface area contributed by atoms with Gasteiger partial charge in [0.05, 0.1) is 25.0 Å². The second kappa shape index (κ2) is 9.22. The van der Waals surface area contributed by atoms with Crippen LogP contribution in [0.2, 0.25) is 0 Å². The number of amides is 2. The number of fused-ring (bicyclic) bond motifs is 1. The number of Topliss-reactive ketones (excluding diaryl/α,β-unsaturated/α-hetero) is 1. The van der Waals surface area contributed by atoms with Crippen molar-refractivity contribution in [3.8, 4) is 5.75 Å². The van der Waals surface area contributed by atoms with Gasteiger partial charge in [-0.1, -0.05) is 25.0 Å². The van der Waals surface area contributed by atoms with Crippen molar-refractivity contribution in [3.05, 3.63) is 54.1 Å². The van der Waals surface area contributed by atoms with E-state index in [4.69, 9.17) is 4.74 Å². The lowest BCUT2D eigenvalue weighted by atomic mass is 9.88. The minimum Gasteiger partial charge on any atom is -0.497 e. The van der Waals surface area contributed by atoms with Crippen molar-refractivity contribution < 1.29 is 19.1 Å². The quantitative estimate of drug-likeness (QED) is 0.684. The number of ketones is 1. The first-order valence-electron chi connectivity index (χ1n) is 12.2. The number of piperidine rings is 1. The summed E-state index contributed by atoms with van der Waals surface area (Å²) in [6, 6.07) is 14.8. The normalized spacial score (nSPS) is 20.1. The van der Waals surface area contributed by atoms with Gasteiger partial charge in [-0.3, -0.25) is 24.2 Å². The van der Waals surface area contributed by atoms with Gasteiger partial charge in [-0.25, -0.2) is 0 Å². The Kier molecular flexibility index (Phi) is 6.13. The molecular weight excluding hydrogens is 430 g/mol. The molecule has 1 saturated heterocycles. The summed E-state index contributed by atoms with van der Waals surface area (Å²) in [7, 11) is 1.61. The number of rotatable bonds is 5. The average Bonchev–Trinajstić information content (AvgIpc) is 3.35. The molecule has 0 atom stereocenters. The number of methoxy groups -OCH3 is 1. The van der Waals surface area contributed by atoms with E-state index in [1.165, 1.54) is 0 Å². The molecule has 0 unspecified atom stereocenters. The Morgan fingerprint density at radius 1 is 1.03 bits per heavy atom. The zero-order valence-electron chi connectivity index (χ0n) is 19.6. The number of benzene rings is 2. The number of nitrogens with one attached hydrogen (secondary N) is 1. The molecule has 5 rings (SSSR count). The third kappa shape index (κ3) is 3.98. The first kappa shape index (κ1) is 22.6. The fraction of sp³-hybridized carbons (Fsp3) is 0.444. The van der Waals surface area contributed by atoms with Crippen LogP contribution in [-0.4, -0.2) is 54.8 Å². The summed E-state index contributed by atoms with van der Waals surface area (Å²) in [5.74, 6) is 0.741. The molecule has 2 amide bonds. The lowest BCUT2D eigenvalue weighted by Crippen LogP contribution is -2.62. The molecule has 2 aromatic rings. The smallest absolute Gasteiger partial charge is 0.250 e. The molecule has 2 aliphatic heterocycles. The summed E-state index contributed by atoms with van der Waals surface area (Å²) >= 11 is 0. The molecule has 0 bridgehead atoms. The van der Waals surface area contributed by atoms with Crippen LogP contribution in [0.25, 0.3) is 0 Å². The lowest BCUT2D eigenvalue weighted by Gasteiger charge is -2.45. The maximum Gasteiger partial charge on any atom is 0.250 e. The van der Waals surface area contributed by atoms with Crippen molar-refractivity contribution in [2.75, 3.05) is 37.0 Å². The first-order chi connectivity index (χ1) is 16.5. The van der Waals surface area contributed by atoms with Crippen LogP contribution in [0, 0.1) is 5.92 Å². The van der Waals surface area contributed by atoms with E-state index < -0.39 is 5.54 Å². The molecule has 1 N–H and O–H groups in total. The topological polar surface area (TPSA) is 79.0 Å².